The van der Waals surface area contributed by atoms with Crippen molar-refractivity contribution in [1.82, 2.24) is 9.97 Å². The van der Waals surface area contributed by atoms with Gasteiger partial charge in [0.1, 0.15) is 17.9 Å². The first-order valence-corrected chi connectivity index (χ1v) is 20.6. The van der Waals surface area contributed by atoms with E-state index in [9.17, 15) is 14.4 Å². The zero-order valence-corrected chi connectivity index (χ0v) is 38.6. The van der Waals surface area contributed by atoms with E-state index in [1.54, 1.807) is 12.1 Å². The third-order valence-corrected chi connectivity index (χ3v) is 11.8. The number of esters is 2. The van der Waals surface area contributed by atoms with Crippen molar-refractivity contribution in [3.8, 4) is 11.1 Å². The molecule has 2 aromatic carbocycles. The number of carboxylic acid groups (broad SMARTS) is 1. The quantitative estimate of drug-likeness (QED) is 0.137. The van der Waals surface area contributed by atoms with Gasteiger partial charge < -0.3 is 19.6 Å². The molecule has 2 saturated carbocycles. The van der Waals surface area contributed by atoms with Gasteiger partial charge in [0.25, 0.3) is 0 Å². The first-order valence-electron chi connectivity index (χ1n) is 20.6. The maximum Gasteiger partial charge on any atom is 0.354 e. The number of nitrogens with zero attached hydrogens (tertiary/aromatic N) is 3. The van der Waals surface area contributed by atoms with Crippen molar-refractivity contribution in [2.45, 2.75) is 93.3 Å². The van der Waals surface area contributed by atoms with Crippen molar-refractivity contribution in [1.29, 1.82) is 0 Å². The van der Waals surface area contributed by atoms with Crippen molar-refractivity contribution in [2.75, 3.05) is 0 Å². The van der Waals surface area contributed by atoms with E-state index in [0.29, 0.717) is 45.8 Å². The Morgan fingerprint density at radius 1 is 0.695 bits per heavy atom. The van der Waals surface area contributed by atoms with Gasteiger partial charge in [-0.15, -0.1) is 11.4 Å². The number of carbonyl (C=O) groups is 3. The Morgan fingerprint density at radius 3 is 1.66 bits per heavy atom. The molecule has 306 valence electrons. The first-order chi connectivity index (χ1) is 27.7. The zero-order chi connectivity index (χ0) is 41.7. The van der Waals surface area contributed by atoms with Crippen LogP contribution in [0.25, 0.3) is 22.8 Å². The van der Waals surface area contributed by atoms with Crippen LogP contribution in [0.2, 0.25) is 0 Å². The van der Waals surface area contributed by atoms with Crippen LogP contribution in [0.5, 0.6) is 0 Å². The Labute approximate surface area is 361 Å². The number of hydrogen-bond donors (Lipinski definition) is 1. The number of benzene rings is 2. The van der Waals surface area contributed by atoms with Crippen molar-refractivity contribution in [2.24, 2.45) is 40.5 Å². The molecule has 10 heteroatoms. The topological polar surface area (TPSA) is 129 Å². The van der Waals surface area contributed by atoms with E-state index in [1.165, 1.54) is 12.3 Å². The minimum atomic E-state index is -0.990. The molecule has 2 fully saturated rings. The number of pyridine rings is 1. The van der Waals surface area contributed by atoms with Gasteiger partial charge in [-0.05, 0) is 103 Å². The summed E-state index contributed by atoms with van der Waals surface area (Å²) in [6.07, 6.45) is 7.22. The number of aromatic carboxylic acids is 1. The molecule has 4 unspecified atom stereocenters. The Balaban J connectivity index is 0.000000586. The number of carboxylic acids is 1. The molecule has 0 bridgehead atoms. The molecule has 59 heavy (non-hydrogen) atoms. The van der Waals surface area contributed by atoms with E-state index < -0.39 is 5.97 Å². The predicted molar refractivity (Wildman–Crippen MR) is 228 cm³/mol. The summed E-state index contributed by atoms with van der Waals surface area (Å²) in [6, 6.07) is 24.5. The van der Waals surface area contributed by atoms with Crippen LogP contribution in [-0.4, -0.2) is 45.9 Å². The molecule has 4 atom stereocenters. The molecule has 4 aromatic rings. The van der Waals surface area contributed by atoms with E-state index in [0.717, 1.165) is 47.9 Å². The summed E-state index contributed by atoms with van der Waals surface area (Å²) in [4.78, 5) is 51.9. The molecule has 2 aromatic heterocycles. The number of aliphatic imine (C=N–C) groups is 1. The third kappa shape index (κ3) is 10.4. The molecule has 2 aliphatic carbocycles. The van der Waals surface area contributed by atoms with Gasteiger partial charge in [-0.3, -0.25) is 4.99 Å². The normalized spacial score (nSPS) is 25.9. The predicted octanol–water partition coefficient (Wildman–Crippen LogP) is 10.5. The van der Waals surface area contributed by atoms with Gasteiger partial charge in [-0.25, -0.2) is 19.4 Å². The molecule has 0 saturated heterocycles. The van der Waals surface area contributed by atoms with Gasteiger partial charge in [0, 0.05) is 36.8 Å². The van der Waals surface area contributed by atoms with Crippen molar-refractivity contribution in [3.63, 3.8) is 0 Å². The van der Waals surface area contributed by atoms with E-state index >= 15 is 0 Å². The van der Waals surface area contributed by atoms with Crippen molar-refractivity contribution < 1.29 is 48.4 Å². The molecular weight excluding hydrogens is 792 g/mol. The molecular formula is C49H56N3O6Zn-. The summed E-state index contributed by atoms with van der Waals surface area (Å²) < 4.78 is 12.7. The van der Waals surface area contributed by atoms with Crippen LogP contribution in [0.4, 0.5) is 0 Å². The van der Waals surface area contributed by atoms with Crippen LogP contribution < -0.4 is 4.98 Å². The molecule has 3 heterocycles. The molecule has 9 nitrogen and oxygen atoms in total. The summed E-state index contributed by atoms with van der Waals surface area (Å²) in [5, 5.41) is 8.32. The standard InChI is InChI=1S/C43H52N2O4.C6H5NO2.Zn/c1-24-19-26(3)40(27(4)20-24)48-42(46)36-30(7)44-34(38(36)32-15-11-9-12-16-32)23-35-39(33-17-13-10-14-18-33)37(31(8)45-35)43(47)49-41-28(5)21-25(2)22-29(41)6;8-6(9)5-3-1-2-4-7-5;/h9-18,23-29,40-41H,19-22H2,1-8H3,(H,44,45,46,47);1-4H,(H,8,9);/p-1. The molecule has 3 aliphatic rings. The van der Waals surface area contributed by atoms with Crippen molar-refractivity contribution >= 4 is 35.3 Å². The van der Waals surface area contributed by atoms with E-state index in [2.05, 4.69) is 46.5 Å². The summed E-state index contributed by atoms with van der Waals surface area (Å²) >= 11 is 0. The number of aryl methyl sites for hydroxylation is 1. The van der Waals surface area contributed by atoms with E-state index in [-0.39, 0.29) is 73.0 Å². The summed E-state index contributed by atoms with van der Waals surface area (Å²) in [7, 11) is 0. The molecule has 0 spiro atoms. The zero-order valence-electron chi connectivity index (χ0n) is 35.6. The second kappa shape index (κ2) is 19.9. The van der Waals surface area contributed by atoms with Gasteiger partial charge in [-0.1, -0.05) is 115 Å². The molecule has 1 aliphatic heterocycles. The number of allylic oxidation sites excluding steroid dienone is 1. The molecule has 0 amide bonds. The minimum Gasteiger partial charge on any atom is -0.660 e. The number of hydrogen-bond acceptors (Lipinski definition) is 7. The molecule has 7 rings (SSSR count). The number of aromatic nitrogens is 2. The maximum atomic E-state index is 14.1. The van der Waals surface area contributed by atoms with Crippen LogP contribution >= 0.6 is 0 Å². The van der Waals surface area contributed by atoms with E-state index in [1.807, 2.05) is 80.6 Å². The largest absolute Gasteiger partial charge is 0.660 e. The van der Waals surface area contributed by atoms with Crippen LogP contribution in [0.15, 0.2) is 101 Å². The Morgan fingerprint density at radius 2 is 1.19 bits per heavy atom. The fraction of sp³-hybridized carbons (Fsp3) is 0.408. The van der Waals surface area contributed by atoms with Gasteiger partial charge in [0.2, 0.25) is 0 Å². The number of carbonyl (C=O) groups excluding carboxylic acids is 2. The Hall–Kier alpha value is -4.95. The number of ether oxygens (including phenoxy) is 2. The average Bonchev–Trinajstić information content (AvgIpc) is 3.70. The van der Waals surface area contributed by atoms with Crippen LogP contribution in [0.1, 0.15) is 112 Å². The SMILES string of the molecule is CC1=N/C(=C\c2[n-]c(C)c(C(=O)OC3C(C)CC(C)CC3C)c2-c2ccccc2)C(c2ccccc2)=C1C(=O)OC1C(C)CC(C)CC1C.O=C(O)c1ccccn1.[Zn]. The Bertz CT molecular complexity index is 2170. The third-order valence-electron chi connectivity index (χ3n) is 11.8. The molecule has 1 N–H and O–H groups in total. The summed E-state index contributed by atoms with van der Waals surface area (Å²) in [6.45, 7) is 17.0. The van der Waals surface area contributed by atoms with Crippen LogP contribution in [0.3, 0.4) is 0 Å². The van der Waals surface area contributed by atoms with Crippen molar-refractivity contribution in [3.05, 3.63) is 125 Å². The van der Waals surface area contributed by atoms with Crippen LogP contribution in [-0.2, 0) is 33.7 Å². The monoisotopic (exact) mass is 846 g/mol. The van der Waals surface area contributed by atoms with Gasteiger partial charge >= 0.3 is 17.9 Å². The van der Waals surface area contributed by atoms with Gasteiger partial charge in [0.15, 0.2) is 0 Å². The fourth-order valence-electron chi connectivity index (χ4n) is 9.54. The second-order valence-corrected chi connectivity index (χ2v) is 16.9. The second-order valence-electron chi connectivity index (χ2n) is 16.9. The average molecular weight is 848 g/mol. The fourth-order valence-corrected chi connectivity index (χ4v) is 9.54. The number of rotatable bonds is 8. The minimum absolute atomic E-state index is 0. The Kier molecular flexibility index (Phi) is 15.2. The van der Waals surface area contributed by atoms with E-state index in [4.69, 9.17) is 24.6 Å². The van der Waals surface area contributed by atoms with Crippen LogP contribution in [0, 0.1) is 42.4 Å². The smallest absolute Gasteiger partial charge is 0.354 e. The maximum absolute atomic E-state index is 14.1. The van der Waals surface area contributed by atoms with Gasteiger partial charge in [-0.2, -0.15) is 0 Å². The first kappa shape index (κ1) is 45.1. The molecule has 0 radical (unpaired) electrons. The van der Waals surface area contributed by atoms with Gasteiger partial charge in [0.05, 0.1) is 17.0 Å². The summed E-state index contributed by atoms with van der Waals surface area (Å²) in [5.74, 6) is 0.677. The summed E-state index contributed by atoms with van der Waals surface area (Å²) in [5.41, 5.74) is 6.68.